The summed E-state index contributed by atoms with van der Waals surface area (Å²) in [5.41, 5.74) is 0.158. The van der Waals surface area contributed by atoms with Gasteiger partial charge >= 0.3 is 5.97 Å². The summed E-state index contributed by atoms with van der Waals surface area (Å²) in [7, 11) is 0. The number of nitriles is 1. The van der Waals surface area contributed by atoms with Crippen LogP contribution in [0.4, 0.5) is 0 Å². The van der Waals surface area contributed by atoms with Gasteiger partial charge in [-0.15, -0.1) is 0 Å². The van der Waals surface area contributed by atoms with Crippen LogP contribution >= 0.6 is 0 Å². The number of carbonyl (C=O) groups excluding carboxylic acids is 1. The van der Waals surface area contributed by atoms with Crippen molar-refractivity contribution in [3.63, 3.8) is 0 Å². The fraction of sp³-hybridized carbons (Fsp3) is 0.600. The Bertz CT molecular complexity index is 622. The molecule has 0 aromatic heterocycles. The van der Waals surface area contributed by atoms with E-state index in [4.69, 9.17) is 9.47 Å². The Morgan fingerprint density at radius 1 is 1.36 bits per heavy atom. The summed E-state index contributed by atoms with van der Waals surface area (Å²) in [6.45, 7) is 4.82. The molecule has 2 saturated heterocycles. The van der Waals surface area contributed by atoms with Crippen LogP contribution in [-0.2, 0) is 20.8 Å². The molecule has 0 radical (unpaired) electrons. The second-order valence-electron chi connectivity index (χ2n) is 7.03. The Hall–Kier alpha value is -1.90. The summed E-state index contributed by atoms with van der Waals surface area (Å²) in [4.78, 5) is 14.8. The minimum atomic E-state index is -1.05. The zero-order chi connectivity index (χ0) is 17.7. The van der Waals surface area contributed by atoms with Crippen LogP contribution in [0.1, 0.15) is 31.7 Å². The minimum absolute atomic E-state index is 0.216. The molecule has 2 atom stereocenters. The fourth-order valence-corrected chi connectivity index (χ4v) is 4.11. The molecule has 25 heavy (non-hydrogen) atoms. The predicted molar refractivity (Wildman–Crippen MR) is 93.5 cm³/mol. The van der Waals surface area contributed by atoms with E-state index in [0.717, 1.165) is 32.6 Å². The number of benzene rings is 1. The van der Waals surface area contributed by atoms with Crippen molar-refractivity contribution in [2.75, 3.05) is 26.4 Å². The van der Waals surface area contributed by atoms with E-state index in [1.807, 2.05) is 18.2 Å². The van der Waals surface area contributed by atoms with Gasteiger partial charge in [-0.25, -0.2) is 0 Å². The third-order valence-corrected chi connectivity index (χ3v) is 5.42. The molecule has 1 aromatic rings. The van der Waals surface area contributed by atoms with Gasteiger partial charge in [0.05, 0.1) is 12.7 Å². The highest BCUT2D eigenvalue weighted by Crippen LogP contribution is 2.41. The van der Waals surface area contributed by atoms with Gasteiger partial charge in [0.25, 0.3) is 0 Å². The average Bonchev–Trinajstić information content (AvgIpc) is 3.03. The maximum atomic E-state index is 12.5. The smallest absolute Gasteiger partial charge is 0.327 e. The van der Waals surface area contributed by atoms with Crippen LogP contribution in [0.2, 0.25) is 0 Å². The molecule has 0 aliphatic carbocycles. The van der Waals surface area contributed by atoms with Gasteiger partial charge in [-0.3, -0.25) is 9.69 Å². The molecule has 0 spiro atoms. The standard InChI is InChI=1S/C20H26N2O3/c1-2-25-19(23)20(14-21)12-18(17-8-10-24-11-9-17)22(15-20)13-16-6-4-3-5-7-16/h3-7,17-18H,2,8-13,15H2,1H3. The van der Waals surface area contributed by atoms with Crippen molar-refractivity contribution in [3.05, 3.63) is 35.9 Å². The van der Waals surface area contributed by atoms with E-state index in [9.17, 15) is 10.1 Å². The lowest BCUT2D eigenvalue weighted by molar-refractivity contribution is -0.151. The van der Waals surface area contributed by atoms with Crippen LogP contribution in [0.15, 0.2) is 30.3 Å². The van der Waals surface area contributed by atoms with E-state index < -0.39 is 5.41 Å². The van der Waals surface area contributed by atoms with Crippen molar-refractivity contribution in [3.8, 4) is 6.07 Å². The van der Waals surface area contributed by atoms with Crippen LogP contribution in [0.25, 0.3) is 0 Å². The van der Waals surface area contributed by atoms with E-state index in [1.165, 1.54) is 5.56 Å². The third kappa shape index (κ3) is 3.86. The fourth-order valence-electron chi connectivity index (χ4n) is 4.11. The molecule has 2 aliphatic rings. The first-order valence-corrected chi connectivity index (χ1v) is 9.13. The van der Waals surface area contributed by atoms with E-state index in [1.54, 1.807) is 6.92 Å². The normalized spacial score (nSPS) is 27.8. The number of rotatable bonds is 5. The van der Waals surface area contributed by atoms with Crippen LogP contribution in [0, 0.1) is 22.7 Å². The first-order valence-electron chi connectivity index (χ1n) is 9.13. The third-order valence-electron chi connectivity index (χ3n) is 5.42. The molecule has 5 nitrogen and oxygen atoms in total. The molecule has 2 heterocycles. The van der Waals surface area contributed by atoms with Gasteiger partial charge in [-0.05, 0) is 37.7 Å². The lowest BCUT2D eigenvalue weighted by Gasteiger charge is -2.33. The number of ether oxygens (including phenoxy) is 2. The van der Waals surface area contributed by atoms with E-state index in [2.05, 4.69) is 23.1 Å². The van der Waals surface area contributed by atoms with Crippen molar-refractivity contribution < 1.29 is 14.3 Å². The minimum Gasteiger partial charge on any atom is -0.465 e. The highest BCUT2D eigenvalue weighted by molar-refractivity contribution is 5.81. The van der Waals surface area contributed by atoms with Gasteiger partial charge in [0.1, 0.15) is 0 Å². The number of hydrogen-bond acceptors (Lipinski definition) is 5. The molecule has 2 aliphatic heterocycles. The number of hydrogen-bond donors (Lipinski definition) is 0. The zero-order valence-corrected chi connectivity index (χ0v) is 14.8. The second-order valence-corrected chi connectivity index (χ2v) is 7.03. The van der Waals surface area contributed by atoms with Crippen molar-refractivity contribution in [2.24, 2.45) is 11.3 Å². The van der Waals surface area contributed by atoms with Crippen LogP contribution in [0.3, 0.4) is 0 Å². The monoisotopic (exact) mass is 342 g/mol. The molecular weight excluding hydrogens is 316 g/mol. The maximum Gasteiger partial charge on any atom is 0.327 e. The topological polar surface area (TPSA) is 62.6 Å². The van der Waals surface area contributed by atoms with Crippen molar-refractivity contribution >= 4 is 5.97 Å². The van der Waals surface area contributed by atoms with Gasteiger partial charge < -0.3 is 9.47 Å². The number of carbonyl (C=O) groups is 1. The summed E-state index contributed by atoms with van der Waals surface area (Å²) in [6.07, 6.45) is 2.53. The lowest BCUT2D eigenvalue weighted by atomic mass is 9.82. The van der Waals surface area contributed by atoms with Crippen molar-refractivity contribution in [2.45, 2.75) is 38.8 Å². The summed E-state index contributed by atoms with van der Waals surface area (Å²) in [5.74, 6) is 0.0900. The van der Waals surface area contributed by atoms with Crippen LogP contribution in [0.5, 0.6) is 0 Å². The maximum absolute atomic E-state index is 12.5. The number of esters is 1. The van der Waals surface area contributed by atoms with Gasteiger partial charge in [0.2, 0.25) is 0 Å². The molecule has 134 valence electrons. The Morgan fingerprint density at radius 2 is 2.08 bits per heavy atom. The molecule has 0 saturated carbocycles. The number of nitrogens with zero attached hydrogens (tertiary/aromatic N) is 2. The van der Waals surface area contributed by atoms with E-state index >= 15 is 0 Å². The Balaban J connectivity index is 1.83. The van der Waals surface area contributed by atoms with E-state index in [-0.39, 0.29) is 12.0 Å². The first kappa shape index (κ1) is 17.9. The molecule has 0 bridgehead atoms. The molecule has 3 rings (SSSR count). The highest BCUT2D eigenvalue weighted by Gasteiger charge is 2.52. The Labute approximate surface area is 149 Å². The van der Waals surface area contributed by atoms with Gasteiger partial charge in [0.15, 0.2) is 5.41 Å². The summed E-state index contributed by atoms with van der Waals surface area (Å²) in [5, 5.41) is 9.81. The summed E-state index contributed by atoms with van der Waals surface area (Å²) < 4.78 is 10.7. The highest BCUT2D eigenvalue weighted by atomic mass is 16.5. The van der Waals surface area contributed by atoms with Gasteiger partial charge in [-0.1, -0.05) is 30.3 Å². The SMILES string of the molecule is CCOC(=O)C1(C#N)CC(C2CCOCC2)N(Cc2ccccc2)C1. The van der Waals surface area contributed by atoms with Gasteiger partial charge in [-0.2, -0.15) is 5.26 Å². The average molecular weight is 342 g/mol. The van der Waals surface area contributed by atoms with Crippen LogP contribution in [-0.4, -0.2) is 43.3 Å². The summed E-state index contributed by atoms with van der Waals surface area (Å²) in [6, 6.07) is 12.8. The largest absolute Gasteiger partial charge is 0.465 e. The van der Waals surface area contributed by atoms with Crippen molar-refractivity contribution in [1.82, 2.24) is 4.90 Å². The molecular formula is C20H26N2O3. The number of likely N-dealkylation sites (tertiary alicyclic amines) is 1. The van der Waals surface area contributed by atoms with Crippen LogP contribution < -0.4 is 0 Å². The molecule has 2 fully saturated rings. The predicted octanol–water partition coefficient (Wildman–Crippen LogP) is 2.76. The quantitative estimate of drug-likeness (QED) is 0.770. The molecule has 0 amide bonds. The van der Waals surface area contributed by atoms with Crippen molar-refractivity contribution in [1.29, 1.82) is 5.26 Å². The van der Waals surface area contributed by atoms with Gasteiger partial charge in [0, 0.05) is 32.3 Å². The summed E-state index contributed by atoms with van der Waals surface area (Å²) >= 11 is 0. The van der Waals surface area contributed by atoms with E-state index in [0.29, 0.717) is 25.5 Å². The first-order chi connectivity index (χ1) is 12.2. The zero-order valence-electron chi connectivity index (χ0n) is 14.8. The Kier molecular flexibility index (Phi) is 5.72. The molecule has 2 unspecified atom stereocenters. The Morgan fingerprint density at radius 3 is 2.72 bits per heavy atom. The molecule has 0 N–H and O–H groups in total. The second kappa shape index (κ2) is 7.99. The molecule has 1 aromatic carbocycles. The molecule has 5 heteroatoms. The lowest BCUT2D eigenvalue weighted by Crippen LogP contribution is -2.38.